The van der Waals surface area contributed by atoms with Gasteiger partial charge in [0.2, 0.25) is 0 Å². The molecule has 0 unspecified atom stereocenters. The molecule has 2 heterocycles. The van der Waals surface area contributed by atoms with Crippen molar-refractivity contribution in [2.45, 2.75) is 0 Å². The van der Waals surface area contributed by atoms with Crippen molar-refractivity contribution in [1.29, 1.82) is 0 Å². The lowest BCUT2D eigenvalue weighted by molar-refractivity contribution is 0.628. The largest absolute Gasteiger partial charge is 0.254 e. The molecule has 0 spiro atoms. The second kappa shape index (κ2) is 4.59. The molecule has 2 aromatic heterocycles. The van der Waals surface area contributed by atoms with Crippen molar-refractivity contribution in [3.05, 3.63) is 77.9 Å². The molecule has 0 amide bonds. The molecule has 1 aliphatic carbocycles. The number of hydrogen-bond acceptors (Lipinski definition) is 3. The quantitative estimate of drug-likeness (QED) is 0.530. The summed E-state index contributed by atoms with van der Waals surface area (Å²) in [6.45, 7) is 0. The van der Waals surface area contributed by atoms with Crippen molar-refractivity contribution in [2.75, 3.05) is 0 Å². The maximum atomic E-state index is 13.0. The second-order valence-corrected chi connectivity index (χ2v) is 4.74. The Morgan fingerprint density at radius 2 is 1.33 bits per heavy atom. The first-order valence-corrected chi connectivity index (χ1v) is 6.58. The molecule has 0 bridgehead atoms. The van der Waals surface area contributed by atoms with E-state index in [1.165, 1.54) is 12.1 Å². The number of fused-ring (bicyclic) bond motifs is 3. The fourth-order valence-electron chi connectivity index (χ4n) is 2.48. The van der Waals surface area contributed by atoms with Gasteiger partial charge in [-0.1, -0.05) is 0 Å². The van der Waals surface area contributed by atoms with Gasteiger partial charge in [-0.05, 0) is 48.5 Å². The first kappa shape index (κ1) is 11.9. The van der Waals surface area contributed by atoms with Gasteiger partial charge in [0.15, 0.2) is 0 Å². The average Bonchev–Trinajstić information content (AvgIpc) is 2.85. The van der Waals surface area contributed by atoms with E-state index < -0.39 is 0 Å². The zero-order valence-corrected chi connectivity index (χ0v) is 11.0. The third-order valence-electron chi connectivity index (χ3n) is 3.42. The van der Waals surface area contributed by atoms with E-state index in [-0.39, 0.29) is 5.82 Å². The summed E-state index contributed by atoms with van der Waals surface area (Å²) in [5.41, 5.74) is 5.12. The minimum absolute atomic E-state index is 0.269. The number of aromatic nitrogens is 2. The minimum Gasteiger partial charge on any atom is -0.254 e. The number of halogens is 1. The van der Waals surface area contributed by atoms with Crippen molar-refractivity contribution >= 4 is 11.4 Å². The molecule has 0 saturated heterocycles. The maximum Gasteiger partial charge on any atom is 0.123 e. The fourth-order valence-corrected chi connectivity index (χ4v) is 2.48. The number of nitrogens with zero attached hydrogens (tertiary/aromatic N) is 3. The molecule has 4 rings (SSSR count). The van der Waals surface area contributed by atoms with E-state index in [1.807, 2.05) is 24.3 Å². The Balaban J connectivity index is 1.94. The summed E-state index contributed by atoms with van der Waals surface area (Å²) in [5, 5.41) is 0. The van der Waals surface area contributed by atoms with Crippen LogP contribution in [-0.2, 0) is 0 Å². The predicted octanol–water partition coefficient (Wildman–Crippen LogP) is 3.77. The van der Waals surface area contributed by atoms with E-state index in [2.05, 4.69) is 15.0 Å². The summed E-state index contributed by atoms with van der Waals surface area (Å²) in [4.78, 5) is 13.5. The summed E-state index contributed by atoms with van der Waals surface area (Å²) in [6, 6.07) is 13.8. The first-order valence-electron chi connectivity index (χ1n) is 6.58. The summed E-state index contributed by atoms with van der Waals surface area (Å²) in [5.74, 6) is -0.269. The van der Waals surface area contributed by atoms with Gasteiger partial charge < -0.3 is 0 Å². The summed E-state index contributed by atoms with van der Waals surface area (Å²) >= 11 is 0. The SMILES string of the molecule is Fc1ccc(N=C2c3cccnc3-c3ncccc32)cc1. The highest BCUT2D eigenvalue weighted by atomic mass is 19.1. The Bertz CT molecular complexity index is 806. The van der Waals surface area contributed by atoms with Crippen LogP contribution in [0.15, 0.2) is 65.9 Å². The highest BCUT2D eigenvalue weighted by Crippen LogP contribution is 2.34. The molecule has 21 heavy (non-hydrogen) atoms. The van der Waals surface area contributed by atoms with Gasteiger partial charge in [0, 0.05) is 23.5 Å². The van der Waals surface area contributed by atoms with Crippen molar-refractivity contribution in [2.24, 2.45) is 4.99 Å². The Labute approximate surface area is 120 Å². The first-order chi connectivity index (χ1) is 10.3. The van der Waals surface area contributed by atoms with Crippen LogP contribution in [0, 0.1) is 5.82 Å². The second-order valence-electron chi connectivity index (χ2n) is 4.74. The van der Waals surface area contributed by atoms with Crippen molar-refractivity contribution in [3.63, 3.8) is 0 Å². The highest BCUT2D eigenvalue weighted by molar-refractivity contribution is 6.23. The lowest BCUT2D eigenvalue weighted by Gasteiger charge is -2.01. The number of hydrogen-bond donors (Lipinski definition) is 0. The van der Waals surface area contributed by atoms with Gasteiger partial charge in [-0.2, -0.15) is 0 Å². The summed E-state index contributed by atoms with van der Waals surface area (Å²) < 4.78 is 13.0. The Hall–Kier alpha value is -2.88. The van der Waals surface area contributed by atoms with Gasteiger partial charge in [0.05, 0.1) is 22.8 Å². The Kier molecular flexibility index (Phi) is 2.60. The van der Waals surface area contributed by atoms with Crippen molar-refractivity contribution in [3.8, 4) is 11.4 Å². The molecule has 100 valence electrons. The molecule has 3 aromatic rings. The number of aliphatic imine (C=N–C) groups is 1. The predicted molar refractivity (Wildman–Crippen MR) is 79.2 cm³/mol. The Morgan fingerprint density at radius 3 is 1.90 bits per heavy atom. The highest BCUT2D eigenvalue weighted by Gasteiger charge is 2.26. The van der Waals surface area contributed by atoms with Gasteiger partial charge in [-0.3, -0.25) is 9.97 Å². The average molecular weight is 275 g/mol. The maximum absolute atomic E-state index is 13.0. The van der Waals surface area contributed by atoms with Crippen LogP contribution in [0.3, 0.4) is 0 Å². The van der Waals surface area contributed by atoms with E-state index in [9.17, 15) is 4.39 Å². The van der Waals surface area contributed by atoms with Crippen molar-refractivity contribution in [1.82, 2.24) is 9.97 Å². The van der Waals surface area contributed by atoms with Crippen LogP contribution in [-0.4, -0.2) is 15.7 Å². The van der Waals surface area contributed by atoms with Gasteiger partial charge in [0.25, 0.3) is 0 Å². The number of pyridine rings is 2. The van der Waals surface area contributed by atoms with Gasteiger partial charge in [0.1, 0.15) is 5.82 Å². The van der Waals surface area contributed by atoms with Gasteiger partial charge >= 0.3 is 0 Å². The Morgan fingerprint density at radius 1 is 0.762 bits per heavy atom. The molecule has 3 nitrogen and oxygen atoms in total. The van der Waals surface area contributed by atoms with Crippen LogP contribution in [0.2, 0.25) is 0 Å². The van der Waals surface area contributed by atoms with E-state index in [0.29, 0.717) is 5.69 Å². The number of benzene rings is 1. The smallest absolute Gasteiger partial charge is 0.123 e. The monoisotopic (exact) mass is 275 g/mol. The molecule has 0 N–H and O–H groups in total. The fraction of sp³-hybridized carbons (Fsp3) is 0. The third kappa shape index (κ3) is 1.92. The zero-order chi connectivity index (χ0) is 14.2. The lowest BCUT2D eigenvalue weighted by Crippen LogP contribution is -1.97. The van der Waals surface area contributed by atoms with Crippen LogP contribution in [0.1, 0.15) is 11.1 Å². The number of rotatable bonds is 1. The molecule has 0 aliphatic heterocycles. The molecule has 0 saturated carbocycles. The van der Waals surface area contributed by atoms with Crippen LogP contribution in [0.25, 0.3) is 11.4 Å². The van der Waals surface area contributed by atoms with E-state index >= 15 is 0 Å². The van der Waals surface area contributed by atoms with Crippen LogP contribution >= 0.6 is 0 Å². The van der Waals surface area contributed by atoms with Gasteiger partial charge in [-0.15, -0.1) is 0 Å². The summed E-state index contributed by atoms with van der Waals surface area (Å²) in [7, 11) is 0. The molecule has 1 aromatic carbocycles. The van der Waals surface area contributed by atoms with Crippen LogP contribution in [0.4, 0.5) is 10.1 Å². The summed E-state index contributed by atoms with van der Waals surface area (Å²) in [6.07, 6.45) is 3.50. The minimum atomic E-state index is -0.269. The molecular weight excluding hydrogens is 265 g/mol. The van der Waals surface area contributed by atoms with Crippen LogP contribution in [0.5, 0.6) is 0 Å². The molecule has 4 heteroatoms. The molecule has 1 aliphatic rings. The van der Waals surface area contributed by atoms with E-state index in [4.69, 9.17) is 0 Å². The molecule has 0 fully saturated rings. The third-order valence-corrected chi connectivity index (χ3v) is 3.42. The normalized spacial score (nSPS) is 12.0. The molecular formula is C17H10FN3. The van der Waals surface area contributed by atoms with Crippen molar-refractivity contribution < 1.29 is 4.39 Å². The standard InChI is InChI=1S/C17H10FN3/c18-11-5-7-12(8-6-11)21-15-13-3-1-9-19-16(13)17-14(15)4-2-10-20-17/h1-10H. The molecule has 0 radical (unpaired) electrons. The van der Waals surface area contributed by atoms with E-state index in [1.54, 1.807) is 24.5 Å². The molecule has 0 atom stereocenters. The zero-order valence-electron chi connectivity index (χ0n) is 11.0. The van der Waals surface area contributed by atoms with E-state index in [0.717, 1.165) is 28.2 Å². The van der Waals surface area contributed by atoms with Crippen LogP contribution < -0.4 is 0 Å². The topological polar surface area (TPSA) is 38.1 Å². The van der Waals surface area contributed by atoms with Gasteiger partial charge in [-0.25, -0.2) is 9.38 Å². The lowest BCUT2D eigenvalue weighted by atomic mass is 10.1.